The zero-order chi connectivity index (χ0) is 5.98. The minimum atomic E-state index is 0.162. The van der Waals surface area contributed by atoms with Crippen LogP contribution in [0.1, 0.15) is 6.92 Å². The van der Waals surface area contributed by atoms with E-state index in [1.165, 1.54) is 0 Å². The topological polar surface area (TPSA) is 26.3 Å². The van der Waals surface area contributed by atoms with Gasteiger partial charge in [0.1, 0.15) is 6.29 Å². The van der Waals surface area contributed by atoms with Crippen molar-refractivity contribution < 1.29 is 9.53 Å². The summed E-state index contributed by atoms with van der Waals surface area (Å²) in [6.07, 6.45) is 0.984. The van der Waals surface area contributed by atoms with E-state index < -0.39 is 0 Å². The van der Waals surface area contributed by atoms with Gasteiger partial charge in [0.05, 0.1) is 6.61 Å². The number of hydrogen-bond acceptors (Lipinski definition) is 2. The SMILES string of the molecule is C[C@@H]1COC[C@H]1C=O. The molecule has 2 atom stereocenters. The molecule has 0 aliphatic carbocycles. The van der Waals surface area contributed by atoms with Gasteiger partial charge >= 0.3 is 0 Å². The van der Waals surface area contributed by atoms with Crippen LogP contribution in [0.4, 0.5) is 0 Å². The Kier molecular flexibility index (Phi) is 1.63. The van der Waals surface area contributed by atoms with Gasteiger partial charge in [-0.2, -0.15) is 0 Å². The van der Waals surface area contributed by atoms with E-state index in [0.29, 0.717) is 12.5 Å². The monoisotopic (exact) mass is 114 g/mol. The van der Waals surface area contributed by atoms with E-state index in [1.54, 1.807) is 0 Å². The van der Waals surface area contributed by atoms with Crippen molar-refractivity contribution in [3.05, 3.63) is 0 Å². The Morgan fingerprint density at radius 3 is 2.62 bits per heavy atom. The maximum absolute atomic E-state index is 10.1. The molecule has 0 spiro atoms. The first kappa shape index (κ1) is 5.76. The van der Waals surface area contributed by atoms with Crippen LogP contribution in [-0.4, -0.2) is 19.5 Å². The average Bonchev–Trinajstić information content (AvgIpc) is 2.14. The normalized spacial score (nSPS) is 37.6. The molecule has 0 aromatic rings. The molecular formula is C6H10O2. The molecule has 0 bridgehead atoms. The molecule has 1 aliphatic heterocycles. The molecule has 0 aromatic heterocycles. The number of hydrogen-bond donors (Lipinski definition) is 0. The maximum Gasteiger partial charge on any atom is 0.125 e. The molecule has 1 saturated heterocycles. The lowest BCUT2D eigenvalue weighted by atomic mass is 10.0. The molecule has 0 radical (unpaired) electrons. The Bertz CT molecular complexity index is 90.5. The number of rotatable bonds is 1. The highest BCUT2D eigenvalue weighted by Crippen LogP contribution is 2.16. The Balaban J connectivity index is 2.41. The Labute approximate surface area is 48.8 Å². The first-order valence-corrected chi connectivity index (χ1v) is 2.87. The fraction of sp³-hybridized carbons (Fsp3) is 0.833. The molecular weight excluding hydrogens is 104 g/mol. The fourth-order valence-electron chi connectivity index (χ4n) is 0.851. The quantitative estimate of drug-likeness (QED) is 0.463. The van der Waals surface area contributed by atoms with Crippen molar-refractivity contribution in [3.63, 3.8) is 0 Å². The summed E-state index contributed by atoms with van der Waals surface area (Å²) in [7, 11) is 0. The minimum Gasteiger partial charge on any atom is -0.380 e. The number of carbonyl (C=O) groups is 1. The van der Waals surface area contributed by atoms with Crippen LogP contribution in [0.3, 0.4) is 0 Å². The predicted octanol–water partition coefficient (Wildman–Crippen LogP) is 0.468. The van der Waals surface area contributed by atoms with Crippen molar-refractivity contribution >= 4 is 6.29 Å². The van der Waals surface area contributed by atoms with Crippen LogP contribution in [0.5, 0.6) is 0 Å². The molecule has 1 aliphatic rings. The Hall–Kier alpha value is -0.370. The number of carbonyl (C=O) groups excluding carboxylic acids is 1. The molecule has 1 fully saturated rings. The van der Waals surface area contributed by atoms with E-state index in [9.17, 15) is 4.79 Å². The molecule has 2 heteroatoms. The number of aldehydes is 1. The van der Waals surface area contributed by atoms with Gasteiger partial charge in [0.25, 0.3) is 0 Å². The van der Waals surface area contributed by atoms with E-state index in [2.05, 4.69) is 0 Å². The summed E-state index contributed by atoms with van der Waals surface area (Å²) in [6.45, 7) is 3.42. The molecule has 1 heterocycles. The maximum atomic E-state index is 10.1. The van der Waals surface area contributed by atoms with Crippen LogP contribution in [-0.2, 0) is 9.53 Å². The van der Waals surface area contributed by atoms with E-state index in [-0.39, 0.29) is 5.92 Å². The van der Waals surface area contributed by atoms with Crippen LogP contribution < -0.4 is 0 Å². The van der Waals surface area contributed by atoms with E-state index >= 15 is 0 Å². The van der Waals surface area contributed by atoms with Crippen molar-refractivity contribution in [1.29, 1.82) is 0 Å². The van der Waals surface area contributed by atoms with E-state index in [0.717, 1.165) is 12.9 Å². The lowest BCUT2D eigenvalue weighted by molar-refractivity contribution is -0.111. The molecule has 46 valence electrons. The van der Waals surface area contributed by atoms with Gasteiger partial charge in [-0.15, -0.1) is 0 Å². The first-order valence-electron chi connectivity index (χ1n) is 2.87. The summed E-state index contributed by atoms with van der Waals surface area (Å²) in [5.41, 5.74) is 0. The van der Waals surface area contributed by atoms with Gasteiger partial charge in [-0.05, 0) is 5.92 Å². The summed E-state index contributed by atoms with van der Waals surface area (Å²) < 4.78 is 5.03. The lowest BCUT2D eigenvalue weighted by Gasteiger charge is -2.00. The van der Waals surface area contributed by atoms with Crippen LogP contribution in [0.25, 0.3) is 0 Å². The van der Waals surface area contributed by atoms with E-state index in [4.69, 9.17) is 4.74 Å². The highest BCUT2D eigenvalue weighted by atomic mass is 16.5. The Morgan fingerprint density at radius 1 is 1.62 bits per heavy atom. The van der Waals surface area contributed by atoms with Crippen molar-refractivity contribution in [2.45, 2.75) is 6.92 Å². The zero-order valence-corrected chi connectivity index (χ0v) is 4.96. The molecule has 1 rings (SSSR count). The lowest BCUT2D eigenvalue weighted by Crippen LogP contribution is -2.08. The third-order valence-corrected chi connectivity index (χ3v) is 1.60. The van der Waals surface area contributed by atoms with Crippen molar-refractivity contribution in [2.24, 2.45) is 11.8 Å². The largest absolute Gasteiger partial charge is 0.380 e. The second-order valence-corrected chi connectivity index (χ2v) is 2.31. The second-order valence-electron chi connectivity index (χ2n) is 2.31. The molecule has 8 heavy (non-hydrogen) atoms. The van der Waals surface area contributed by atoms with Gasteiger partial charge < -0.3 is 9.53 Å². The third kappa shape index (κ3) is 0.892. The Morgan fingerprint density at radius 2 is 2.38 bits per heavy atom. The molecule has 0 amide bonds. The summed E-state index contributed by atoms with van der Waals surface area (Å²) in [5.74, 6) is 0.600. The van der Waals surface area contributed by atoms with Gasteiger partial charge in [-0.1, -0.05) is 6.92 Å². The highest BCUT2D eigenvalue weighted by molar-refractivity contribution is 5.54. The number of ether oxygens (including phenoxy) is 1. The predicted molar refractivity (Wildman–Crippen MR) is 29.5 cm³/mol. The van der Waals surface area contributed by atoms with Gasteiger partial charge in [0.2, 0.25) is 0 Å². The zero-order valence-electron chi connectivity index (χ0n) is 4.96. The highest BCUT2D eigenvalue weighted by Gasteiger charge is 2.22. The molecule has 0 saturated carbocycles. The summed E-state index contributed by atoms with van der Waals surface area (Å²) in [5, 5.41) is 0. The van der Waals surface area contributed by atoms with Gasteiger partial charge in [0.15, 0.2) is 0 Å². The van der Waals surface area contributed by atoms with Crippen molar-refractivity contribution in [3.8, 4) is 0 Å². The van der Waals surface area contributed by atoms with Gasteiger partial charge in [-0.3, -0.25) is 0 Å². The van der Waals surface area contributed by atoms with Crippen LogP contribution in [0.2, 0.25) is 0 Å². The molecule has 0 unspecified atom stereocenters. The third-order valence-electron chi connectivity index (χ3n) is 1.60. The summed E-state index contributed by atoms with van der Waals surface area (Å²) in [6, 6.07) is 0. The first-order chi connectivity index (χ1) is 3.84. The van der Waals surface area contributed by atoms with Gasteiger partial charge in [-0.25, -0.2) is 0 Å². The smallest absolute Gasteiger partial charge is 0.125 e. The van der Waals surface area contributed by atoms with Crippen molar-refractivity contribution in [1.82, 2.24) is 0 Å². The second kappa shape index (κ2) is 2.27. The standard InChI is InChI=1S/C6H10O2/c1-5-3-8-4-6(5)2-7/h2,5-6H,3-4H2,1H3/t5-,6-/m1/s1. The average molecular weight is 114 g/mol. The van der Waals surface area contributed by atoms with Gasteiger partial charge in [0, 0.05) is 12.5 Å². The molecule has 2 nitrogen and oxygen atoms in total. The fourth-order valence-corrected chi connectivity index (χ4v) is 0.851. The molecule has 0 aromatic carbocycles. The van der Waals surface area contributed by atoms with Crippen LogP contribution >= 0.6 is 0 Å². The summed E-state index contributed by atoms with van der Waals surface area (Å²) in [4.78, 5) is 10.1. The minimum absolute atomic E-state index is 0.162. The van der Waals surface area contributed by atoms with Crippen molar-refractivity contribution in [2.75, 3.05) is 13.2 Å². The van der Waals surface area contributed by atoms with E-state index in [1.807, 2.05) is 6.92 Å². The molecule has 0 N–H and O–H groups in total. The van der Waals surface area contributed by atoms with Crippen LogP contribution in [0.15, 0.2) is 0 Å². The summed E-state index contributed by atoms with van der Waals surface area (Å²) >= 11 is 0. The van der Waals surface area contributed by atoms with Crippen LogP contribution in [0, 0.1) is 11.8 Å².